The van der Waals surface area contributed by atoms with Crippen molar-refractivity contribution in [2.75, 3.05) is 0 Å². The minimum Gasteiger partial charge on any atom is -0.349 e. The van der Waals surface area contributed by atoms with Crippen LogP contribution in [0.1, 0.15) is 41.7 Å². The first kappa shape index (κ1) is 25.1. The zero-order valence-electron chi connectivity index (χ0n) is 21.5. The van der Waals surface area contributed by atoms with Crippen molar-refractivity contribution in [2.45, 2.75) is 45.2 Å². The van der Waals surface area contributed by atoms with E-state index in [2.05, 4.69) is 25.5 Å². The fourth-order valence-electron chi connectivity index (χ4n) is 5.46. The van der Waals surface area contributed by atoms with Crippen LogP contribution >= 0.6 is 11.6 Å². The predicted octanol–water partition coefficient (Wildman–Crippen LogP) is 4.92. The standard InChI is InChI=1S/C29H28ClN7O2/c1-18-24(12-21(30)15-31-18)28(38)35-22-8-6-19(7-9-22)17-36-26-4-2-3-5-27(26)37(29(36)39)23-10-11-25(32-16-23)20-13-33-34-14-20/h2-5,10-16,19,22H,6-9,17H2,1H3,(H,33,34)(H,35,38)/t19-,22-. The van der Waals surface area contributed by atoms with Crippen LogP contribution in [0.25, 0.3) is 28.0 Å². The van der Waals surface area contributed by atoms with Crippen LogP contribution in [0.3, 0.4) is 0 Å². The van der Waals surface area contributed by atoms with Crippen LogP contribution in [0.4, 0.5) is 0 Å². The van der Waals surface area contributed by atoms with Crippen LogP contribution in [-0.4, -0.2) is 41.2 Å². The molecule has 0 radical (unpaired) electrons. The molecule has 0 bridgehead atoms. The second-order valence-electron chi connectivity index (χ2n) is 10.1. The van der Waals surface area contributed by atoms with E-state index in [0.29, 0.717) is 28.7 Å². The summed E-state index contributed by atoms with van der Waals surface area (Å²) in [6.07, 6.45) is 10.3. The maximum absolute atomic E-state index is 13.7. The maximum Gasteiger partial charge on any atom is 0.333 e. The summed E-state index contributed by atoms with van der Waals surface area (Å²) in [5, 5.41) is 10.4. The van der Waals surface area contributed by atoms with Crippen molar-refractivity contribution in [3.05, 3.63) is 94.0 Å². The lowest BCUT2D eigenvalue weighted by molar-refractivity contribution is 0.0919. The number of aryl methyl sites for hydroxylation is 1. The fraction of sp³-hybridized carbons (Fsp3) is 0.276. The third-order valence-electron chi connectivity index (χ3n) is 7.56. The van der Waals surface area contributed by atoms with Gasteiger partial charge in [0.15, 0.2) is 0 Å². The Morgan fingerprint density at radius 3 is 2.56 bits per heavy atom. The molecular weight excluding hydrogens is 514 g/mol. The summed E-state index contributed by atoms with van der Waals surface area (Å²) in [4.78, 5) is 35.3. The van der Waals surface area contributed by atoms with Gasteiger partial charge in [0.1, 0.15) is 0 Å². The Balaban J connectivity index is 1.18. The average Bonchev–Trinajstić information content (AvgIpc) is 3.58. The van der Waals surface area contributed by atoms with Crippen molar-refractivity contribution < 1.29 is 4.79 Å². The van der Waals surface area contributed by atoms with Crippen molar-refractivity contribution in [1.29, 1.82) is 0 Å². The molecule has 1 aliphatic rings. The largest absolute Gasteiger partial charge is 0.349 e. The molecule has 0 aliphatic heterocycles. The van der Waals surface area contributed by atoms with Crippen LogP contribution in [0.15, 0.2) is 72.0 Å². The van der Waals surface area contributed by atoms with Gasteiger partial charge in [0.25, 0.3) is 5.91 Å². The van der Waals surface area contributed by atoms with Gasteiger partial charge >= 0.3 is 5.69 Å². The number of nitrogens with zero attached hydrogens (tertiary/aromatic N) is 5. The lowest BCUT2D eigenvalue weighted by Gasteiger charge is -2.29. The second kappa shape index (κ2) is 10.5. The fourth-order valence-corrected chi connectivity index (χ4v) is 5.62. The first-order valence-corrected chi connectivity index (χ1v) is 13.4. The van der Waals surface area contributed by atoms with Crippen molar-refractivity contribution in [3.8, 4) is 16.9 Å². The Morgan fingerprint density at radius 1 is 1.05 bits per heavy atom. The van der Waals surface area contributed by atoms with Gasteiger partial charge in [-0.25, -0.2) is 4.79 Å². The molecule has 0 unspecified atom stereocenters. The summed E-state index contributed by atoms with van der Waals surface area (Å²) in [5.74, 6) is 0.198. The summed E-state index contributed by atoms with van der Waals surface area (Å²) in [7, 11) is 0. The van der Waals surface area contributed by atoms with E-state index >= 15 is 0 Å². The minimum absolute atomic E-state index is 0.0755. The molecule has 0 saturated heterocycles. The number of aromatic amines is 1. The number of pyridine rings is 2. The smallest absolute Gasteiger partial charge is 0.333 e. The molecule has 1 aliphatic carbocycles. The van der Waals surface area contributed by atoms with Gasteiger partial charge in [-0.05, 0) is 68.9 Å². The number of imidazole rings is 1. The number of fused-ring (bicyclic) bond motifs is 1. The topological polar surface area (TPSA) is 110 Å². The molecule has 9 nitrogen and oxygen atoms in total. The van der Waals surface area contributed by atoms with Gasteiger partial charge < -0.3 is 5.32 Å². The number of benzene rings is 1. The monoisotopic (exact) mass is 541 g/mol. The summed E-state index contributed by atoms with van der Waals surface area (Å²) >= 11 is 6.04. The van der Waals surface area contributed by atoms with E-state index in [0.717, 1.165) is 53.7 Å². The highest BCUT2D eigenvalue weighted by Gasteiger charge is 2.25. The van der Waals surface area contributed by atoms with Crippen molar-refractivity contribution in [1.82, 2.24) is 34.6 Å². The van der Waals surface area contributed by atoms with E-state index in [9.17, 15) is 9.59 Å². The van der Waals surface area contributed by atoms with E-state index in [1.54, 1.807) is 42.3 Å². The number of carbonyl (C=O) groups excluding carboxylic acids is 1. The molecule has 1 aromatic carbocycles. The molecule has 1 fully saturated rings. The number of halogens is 1. The Bertz CT molecular complexity index is 1680. The number of amides is 1. The van der Waals surface area contributed by atoms with Crippen molar-refractivity contribution in [2.24, 2.45) is 5.92 Å². The molecule has 4 heterocycles. The average molecular weight is 542 g/mol. The molecular formula is C29H28ClN7O2. The molecule has 0 atom stereocenters. The minimum atomic E-state index is -0.141. The van der Waals surface area contributed by atoms with Crippen LogP contribution in [0.2, 0.25) is 5.02 Å². The molecule has 1 amide bonds. The number of aromatic nitrogens is 6. The molecule has 4 aromatic heterocycles. The quantitative estimate of drug-likeness (QED) is 0.317. The maximum atomic E-state index is 13.7. The number of hydrogen-bond acceptors (Lipinski definition) is 5. The number of rotatable bonds is 6. The predicted molar refractivity (Wildman–Crippen MR) is 150 cm³/mol. The summed E-state index contributed by atoms with van der Waals surface area (Å²) in [6, 6.07) is 13.4. The number of nitrogens with one attached hydrogen (secondary N) is 2. The Hall–Kier alpha value is -4.24. The number of carbonyl (C=O) groups is 1. The Morgan fingerprint density at radius 2 is 1.85 bits per heavy atom. The van der Waals surface area contributed by atoms with Crippen molar-refractivity contribution >= 4 is 28.5 Å². The molecule has 198 valence electrons. The lowest BCUT2D eigenvalue weighted by Crippen LogP contribution is -2.39. The Kier molecular flexibility index (Phi) is 6.74. The van der Waals surface area contributed by atoms with Gasteiger partial charge in [0.2, 0.25) is 0 Å². The zero-order chi connectivity index (χ0) is 26.9. The second-order valence-corrected chi connectivity index (χ2v) is 10.5. The number of hydrogen-bond donors (Lipinski definition) is 2. The summed E-state index contributed by atoms with van der Waals surface area (Å²) in [6.45, 7) is 2.44. The first-order chi connectivity index (χ1) is 19.0. The summed E-state index contributed by atoms with van der Waals surface area (Å²) in [5.41, 5.74) is 5.25. The highest BCUT2D eigenvalue weighted by Crippen LogP contribution is 2.28. The Labute approximate surface area is 229 Å². The highest BCUT2D eigenvalue weighted by atomic mass is 35.5. The van der Waals surface area contributed by atoms with Crippen LogP contribution in [-0.2, 0) is 6.54 Å². The summed E-state index contributed by atoms with van der Waals surface area (Å²) < 4.78 is 3.61. The van der Waals surface area contributed by atoms with Gasteiger partial charge in [-0.2, -0.15) is 5.10 Å². The molecule has 1 saturated carbocycles. The van der Waals surface area contributed by atoms with E-state index in [-0.39, 0.29) is 17.6 Å². The molecule has 0 spiro atoms. The van der Waals surface area contributed by atoms with Gasteiger partial charge in [0, 0.05) is 30.5 Å². The van der Waals surface area contributed by atoms with E-state index in [1.807, 2.05) is 41.0 Å². The molecule has 5 aromatic rings. The van der Waals surface area contributed by atoms with Gasteiger partial charge in [-0.3, -0.25) is 29.0 Å². The molecule has 39 heavy (non-hydrogen) atoms. The molecule has 2 N–H and O–H groups in total. The number of para-hydroxylation sites is 2. The van der Waals surface area contributed by atoms with Gasteiger partial charge in [-0.15, -0.1) is 0 Å². The zero-order valence-corrected chi connectivity index (χ0v) is 22.2. The van der Waals surface area contributed by atoms with E-state index in [1.165, 1.54) is 0 Å². The SMILES string of the molecule is Cc1ncc(Cl)cc1C(=O)N[C@H]1CC[C@H](Cn2c(=O)n(-c3ccc(-c4cn[nH]c4)nc3)c3ccccc32)CC1. The lowest BCUT2D eigenvalue weighted by atomic mass is 9.85. The van der Waals surface area contributed by atoms with Crippen LogP contribution < -0.4 is 11.0 Å². The van der Waals surface area contributed by atoms with E-state index in [4.69, 9.17) is 11.6 Å². The number of H-pyrrole nitrogens is 1. The first-order valence-electron chi connectivity index (χ1n) is 13.1. The third-order valence-corrected chi connectivity index (χ3v) is 7.76. The highest BCUT2D eigenvalue weighted by molar-refractivity contribution is 6.30. The van der Waals surface area contributed by atoms with Crippen molar-refractivity contribution in [3.63, 3.8) is 0 Å². The van der Waals surface area contributed by atoms with Crippen LogP contribution in [0.5, 0.6) is 0 Å². The normalized spacial score (nSPS) is 17.4. The van der Waals surface area contributed by atoms with Gasteiger partial charge in [0.05, 0.1) is 51.1 Å². The van der Waals surface area contributed by atoms with Gasteiger partial charge in [-0.1, -0.05) is 23.7 Å². The van der Waals surface area contributed by atoms with E-state index < -0.39 is 0 Å². The third kappa shape index (κ3) is 4.97. The van der Waals surface area contributed by atoms with Crippen LogP contribution in [0, 0.1) is 12.8 Å². The molecule has 10 heteroatoms. The molecule has 6 rings (SSSR count).